The van der Waals surface area contributed by atoms with Crippen LogP contribution in [0.3, 0.4) is 0 Å². The molecule has 0 unspecified atom stereocenters. The molecule has 1 aromatic carbocycles. The van der Waals surface area contributed by atoms with Crippen molar-refractivity contribution in [1.29, 1.82) is 0 Å². The molecular formula is C16H17N3O3S. The van der Waals surface area contributed by atoms with E-state index in [2.05, 4.69) is 9.97 Å². The number of likely N-dealkylation sites (N-methyl/N-ethyl adjacent to an activating group) is 1. The monoisotopic (exact) mass is 331 g/mol. The van der Waals surface area contributed by atoms with E-state index in [9.17, 15) is 4.79 Å². The summed E-state index contributed by atoms with van der Waals surface area (Å²) in [7, 11) is 1.76. The van der Waals surface area contributed by atoms with Crippen molar-refractivity contribution in [3.63, 3.8) is 0 Å². The summed E-state index contributed by atoms with van der Waals surface area (Å²) in [5.74, 6) is 1.76. The molecule has 7 heteroatoms. The highest BCUT2D eigenvalue weighted by Gasteiger charge is 2.23. The van der Waals surface area contributed by atoms with Gasteiger partial charge in [0.25, 0.3) is 0 Å². The van der Waals surface area contributed by atoms with Gasteiger partial charge in [0.05, 0.1) is 12.3 Å². The van der Waals surface area contributed by atoms with Gasteiger partial charge in [0.2, 0.25) is 5.91 Å². The first-order chi connectivity index (χ1) is 11.2. The first-order valence-corrected chi connectivity index (χ1v) is 8.23. The maximum atomic E-state index is 12.2. The van der Waals surface area contributed by atoms with E-state index in [1.165, 1.54) is 11.8 Å². The van der Waals surface area contributed by atoms with Crippen LogP contribution in [0.25, 0.3) is 0 Å². The van der Waals surface area contributed by atoms with Gasteiger partial charge in [0.15, 0.2) is 22.8 Å². The Hall–Kier alpha value is -2.28. The molecular weight excluding hydrogens is 314 g/mol. The van der Waals surface area contributed by atoms with E-state index in [4.69, 9.17) is 9.47 Å². The topological polar surface area (TPSA) is 64.6 Å². The quantitative estimate of drug-likeness (QED) is 0.616. The van der Waals surface area contributed by atoms with Crippen LogP contribution in [0.2, 0.25) is 0 Å². The van der Waals surface area contributed by atoms with Crippen molar-refractivity contribution in [3.05, 3.63) is 42.7 Å². The largest absolute Gasteiger partial charge is 0.486 e. The first kappa shape index (κ1) is 15.6. The van der Waals surface area contributed by atoms with Crippen LogP contribution in [0.4, 0.5) is 0 Å². The average molecular weight is 331 g/mol. The van der Waals surface area contributed by atoms with Crippen molar-refractivity contribution in [2.75, 3.05) is 26.0 Å². The lowest BCUT2D eigenvalue weighted by Crippen LogP contribution is -2.42. The Labute approximate surface area is 138 Å². The van der Waals surface area contributed by atoms with Crippen molar-refractivity contribution in [2.45, 2.75) is 11.3 Å². The molecule has 2 aromatic rings. The van der Waals surface area contributed by atoms with E-state index in [-0.39, 0.29) is 12.0 Å². The summed E-state index contributed by atoms with van der Waals surface area (Å²) < 4.78 is 11.5. The summed E-state index contributed by atoms with van der Waals surface area (Å²) >= 11 is 1.32. The number of para-hydroxylation sites is 2. The van der Waals surface area contributed by atoms with Gasteiger partial charge >= 0.3 is 0 Å². The van der Waals surface area contributed by atoms with Crippen LogP contribution in [0.1, 0.15) is 0 Å². The molecule has 0 saturated carbocycles. The molecule has 0 fully saturated rings. The number of ether oxygens (including phenoxy) is 2. The van der Waals surface area contributed by atoms with Crippen LogP contribution in [0.15, 0.2) is 47.9 Å². The van der Waals surface area contributed by atoms with Crippen LogP contribution < -0.4 is 9.47 Å². The minimum absolute atomic E-state index is 0.00455. The first-order valence-electron chi connectivity index (χ1n) is 7.24. The lowest BCUT2D eigenvalue weighted by Gasteiger charge is -2.29. The number of fused-ring (bicyclic) bond motifs is 1. The molecule has 1 aromatic heterocycles. The molecule has 23 heavy (non-hydrogen) atoms. The van der Waals surface area contributed by atoms with Gasteiger partial charge in [0.1, 0.15) is 6.61 Å². The summed E-state index contributed by atoms with van der Waals surface area (Å²) in [5, 5.41) is 0.598. The highest BCUT2D eigenvalue weighted by molar-refractivity contribution is 7.99. The molecule has 0 aliphatic carbocycles. The fourth-order valence-corrected chi connectivity index (χ4v) is 2.90. The number of hydrogen-bond donors (Lipinski definition) is 0. The minimum Gasteiger partial charge on any atom is -0.486 e. The number of rotatable bonds is 5. The standard InChI is InChI=1S/C16H17N3O3S/c1-19(15(20)11-23-16-17-7-4-8-18-16)9-12-10-21-13-5-2-3-6-14(13)22-12/h2-8,12H,9-11H2,1H3/t12-/m1/s1. The van der Waals surface area contributed by atoms with Gasteiger partial charge in [-0.2, -0.15) is 0 Å². The fraction of sp³-hybridized carbons (Fsp3) is 0.312. The molecule has 0 N–H and O–H groups in total. The lowest BCUT2D eigenvalue weighted by molar-refractivity contribution is -0.128. The Kier molecular flexibility index (Phi) is 4.97. The average Bonchev–Trinajstić information content (AvgIpc) is 2.60. The summed E-state index contributed by atoms with van der Waals surface area (Å²) in [6.07, 6.45) is 3.15. The Morgan fingerprint density at radius 1 is 1.26 bits per heavy atom. The van der Waals surface area contributed by atoms with E-state index >= 15 is 0 Å². The van der Waals surface area contributed by atoms with Gasteiger partial charge in [-0.05, 0) is 18.2 Å². The molecule has 0 saturated heterocycles. The Bertz CT molecular complexity index is 669. The number of nitrogens with zero attached hydrogens (tertiary/aromatic N) is 3. The predicted molar refractivity (Wildman–Crippen MR) is 86.7 cm³/mol. The van der Waals surface area contributed by atoms with E-state index < -0.39 is 0 Å². The fourth-order valence-electron chi connectivity index (χ4n) is 2.16. The summed E-state index contributed by atoms with van der Waals surface area (Å²) in [6, 6.07) is 9.29. The highest BCUT2D eigenvalue weighted by atomic mass is 32.2. The van der Waals surface area contributed by atoms with Gasteiger partial charge in [-0.3, -0.25) is 4.79 Å². The number of carbonyl (C=O) groups is 1. The van der Waals surface area contributed by atoms with Crippen molar-refractivity contribution >= 4 is 17.7 Å². The Morgan fingerprint density at radius 2 is 2.00 bits per heavy atom. The van der Waals surface area contributed by atoms with Crippen LogP contribution >= 0.6 is 11.8 Å². The molecule has 1 atom stereocenters. The highest BCUT2D eigenvalue weighted by Crippen LogP contribution is 2.30. The molecule has 2 heterocycles. The zero-order chi connectivity index (χ0) is 16.1. The van der Waals surface area contributed by atoms with E-state index in [0.717, 1.165) is 11.5 Å². The molecule has 1 aliphatic rings. The molecule has 0 radical (unpaired) electrons. The van der Waals surface area contributed by atoms with Gasteiger partial charge in [-0.1, -0.05) is 23.9 Å². The SMILES string of the molecule is CN(C[C@@H]1COc2ccccc2O1)C(=O)CSc1ncccn1. The zero-order valence-electron chi connectivity index (χ0n) is 12.7. The Balaban J connectivity index is 1.49. The summed E-state index contributed by atoms with van der Waals surface area (Å²) in [4.78, 5) is 22.0. The number of aromatic nitrogens is 2. The van der Waals surface area contributed by atoms with Crippen LogP contribution in [-0.4, -0.2) is 52.8 Å². The minimum atomic E-state index is -0.170. The van der Waals surface area contributed by atoms with Crippen molar-refractivity contribution in [3.8, 4) is 11.5 Å². The third-order valence-electron chi connectivity index (χ3n) is 3.34. The van der Waals surface area contributed by atoms with Gasteiger partial charge < -0.3 is 14.4 Å². The normalized spacial score (nSPS) is 16.0. The smallest absolute Gasteiger partial charge is 0.232 e. The van der Waals surface area contributed by atoms with Gasteiger partial charge in [-0.25, -0.2) is 9.97 Å². The summed E-state index contributed by atoms with van der Waals surface area (Å²) in [5.41, 5.74) is 0. The maximum Gasteiger partial charge on any atom is 0.232 e. The van der Waals surface area contributed by atoms with E-state index in [0.29, 0.717) is 24.1 Å². The van der Waals surface area contributed by atoms with Gasteiger partial charge in [0, 0.05) is 19.4 Å². The number of carbonyl (C=O) groups excluding carboxylic acids is 1. The second-order valence-corrected chi connectivity index (χ2v) is 6.03. The van der Waals surface area contributed by atoms with Gasteiger partial charge in [-0.15, -0.1) is 0 Å². The number of thioether (sulfide) groups is 1. The van der Waals surface area contributed by atoms with E-state index in [1.54, 1.807) is 30.4 Å². The Morgan fingerprint density at radius 3 is 2.78 bits per heavy atom. The predicted octanol–water partition coefficient (Wildman–Crippen LogP) is 1.87. The van der Waals surface area contributed by atoms with Crippen molar-refractivity contribution < 1.29 is 14.3 Å². The molecule has 1 aliphatic heterocycles. The second-order valence-electron chi connectivity index (χ2n) is 5.09. The van der Waals surface area contributed by atoms with Crippen LogP contribution in [0, 0.1) is 0 Å². The number of hydrogen-bond acceptors (Lipinski definition) is 6. The third-order valence-corrected chi connectivity index (χ3v) is 4.20. The second kappa shape index (κ2) is 7.32. The number of benzene rings is 1. The summed E-state index contributed by atoms with van der Waals surface area (Å²) in [6.45, 7) is 0.910. The molecule has 3 rings (SSSR count). The van der Waals surface area contributed by atoms with Crippen LogP contribution in [-0.2, 0) is 4.79 Å². The zero-order valence-corrected chi connectivity index (χ0v) is 13.5. The molecule has 1 amide bonds. The molecule has 0 bridgehead atoms. The molecule has 6 nitrogen and oxygen atoms in total. The maximum absolute atomic E-state index is 12.2. The third kappa shape index (κ3) is 4.13. The number of amides is 1. The molecule has 120 valence electrons. The van der Waals surface area contributed by atoms with Crippen molar-refractivity contribution in [1.82, 2.24) is 14.9 Å². The molecule has 0 spiro atoms. The van der Waals surface area contributed by atoms with Crippen LogP contribution in [0.5, 0.6) is 11.5 Å². The lowest BCUT2D eigenvalue weighted by atomic mass is 10.2. The van der Waals surface area contributed by atoms with E-state index in [1.807, 2.05) is 24.3 Å². The van der Waals surface area contributed by atoms with Crippen molar-refractivity contribution in [2.24, 2.45) is 0 Å².